The van der Waals surface area contributed by atoms with Crippen LogP contribution in [0.5, 0.6) is 0 Å². The molecule has 7 nitrogen and oxygen atoms in total. The summed E-state index contributed by atoms with van der Waals surface area (Å²) in [7, 11) is 0. The van der Waals surface area contributed by atoms with Gasteiger partial charge in [0.1, 0.15) is 6.04 Å². The van der Waals surface area contributed by atoms with Crippen LogP contribution < -0.4 is 11.1 Å². The first-order valence-electron chi connectivity index (χ1n) is 5.91. The van der Waals surface area contributed by atoms with Gasteiger partial charge in [-0.2, -0.15) is 0 Å². The summed E-state index contributed by atoms with van der Waals surface area (Å²) in [6.45, 7) is 0.627. The van der Waals surface area contributed by atoms with Crippen LogP contribution in [0.4, 0.5) is 0 Å². The summed E-state index contributed by atoms with van der Waals surface area (Å²) in [5.41, 5.74) is 4.91. The molecule has 18 heavy (non-hydrogen) atoms. The fourth-order valence-electron chi connectivity index (χ4n) is 1.83. The first kappa shape index (κ1) is 14.4. The molecule has 1 aliphatic heterocycles. The van der Waals surface area contributed by atoms with Crippen molar-refractivity contribution in [3.05, 3.63) is 0 Å². The number of carbonyl (C=O) groups is 3. The van der Waals surface area contributed by atoms with Crippen LogP contribution in [0.3, 0.4) is 0 Å². The monoisotopic (exact) mass is 258 g/mol. The molecule has 0 saturated carbocycles. The molecule has 1 heterocycles. The van der Waals surface area contributed by atoms with Crippen molar-refractivity contribution in [1.82, 2.24) is 5.32 Å². The van der Waals surface area contributed by atoms with Crippen molar-refractivity contribution < 1.29 is 24.2 Å². The lowest BCUT2D eigenvalue weighted by Crippen LogP contribution is -2.44. The van der Waals surface area contributed by atoms with Gasteiger partial charge in [-0.1, -0.05) is 0 Å². The Kier molecular flexibility index (Phi) is 5.57. The second-order valence-corrected chi connectivity index (χ2v) is 4.32. The predicted molar refractivity (Wildman–Crippen MR) is 61.6 cm³/mol. The maximum Gasteiger partial charge on any atom is 0.326 e. The Labute approximate surface area is 105 Å². The van der Waals surface area contributed by atoms with E-state index in [1.807, 2.05) is 0 Å². The molecule has 0 aromatic carbocycles. The van der Waals surface area contributed by atoms with E-state index in [9.17, 15) is 14.4 Å². The quantitative estimate of drug-likeness (QED) is 0.587. The summed E-state index contributed by atoms with van der Waals surface area (Å²) >= 11 is 0. The molecule has 1 aliphatic rings. The summed E-state index contributed by atoms with van der Waals surface area (Å²) < 4.78 is 5.37. The van der Waals surface area contributed by atoms with Crippen LogP contribution >= 0.6 is 0 Å². The van der Waals surface area contributed by atoms with Gasteiger partial charge in [0.05, 0.1) is 18.9 Å². The van der Waals surface area contributed by atoms with E-state index in [1.165, 1.54) is 0 Å². The van der Waals surface area contributed by atoms with Gasteiger partial charge in [0, 0.05) is 6.61 Å². The van der Waals surface area contributed by atoms with E-state index in [-0.39, 0.29) is 12.5 Å². The lowest BCUT2D eigenvalue weighted by molar-refractivity contribution is -0.143. The van der Waals surface area contributed by atoms with E-state index in [0.29, 0.717) is 6.61 Å². The molecule has 1 rings (SSSR count). The highest BCUT2D eigenvalue weighted by molar-refractivity contribution is 5.88. The molecule has 0 aromatic rings. The Morgan fingerprint density at radius 2 is 2.11 bits per heavy atom. The molecule has 4 N–H and O–H groups in total. The molecule has 0 radical (unpaired) electrons. The first-order valence-corrected chi connectivity index (χ1v) is 5.91. The summed E-state index contributed by atoms with van der Waals surface area (Å²) in [5, 5.41) is 11.1. The Balaban J connectivity index is 2.40. The van der Waals surface area contributed by atoms with Gasteiger partial charge in [0.25, 0.3) is 0 Å². The molecule has 1 unspecified atom stereocenters. The predicted octanol–water partition coefficient (Wildman–Crippen LogP) is -0.610. The molecule has 1 fully saturated rings. The molecule has 2 atom stereocenters. The number of amides is 2. The van der Waals surface area contributed by atoms with Gasteiger partial charge in [-0.05, 0) is 19.3 Å². The van der Waals surface area contributed by atoms with E-state index < -0.39 is 30.2 Å². The Bertz CT molecular complexity index is 325. The topological polar surface area (TPSA) is 119 Å². The van der Waals surface area contributed by atoms with Gasteiger partial charge in [-0.3, -0.25) is 9.59 Å². The number of primary amides is 1. The third kappa shape index (κ3) is 5.13. The van der Waals surface area contributed by atoms with Crippen molar-refractivity contribution >= 4 is 17.8 Å². The zero-order valence-corrected chi connectivity index (χ0v) is 10.1. The standard InChI is InChI=1S/C11H18N2O5/c12-9(14)6-8(11(16)17)13-10(15)5-7-3-1-2-4-18-7/h7-8H,1-6H2,(H2,12,14)(H,13,15)(H,16,17)/t7?,8-/m1/s1. The lowest BCUT2D eigenvalue weighted by Gasteiger charge is -2.22. The zero-order valence-electron chi connectivity index (χ0n) is 10.1. The molecule has 0 aromatic heterocycles. The van der Waals surface area contributed by atoms with E-state index in [4.69, 9.17) is 15.6 Å². The fourth-order valence-corrected chi connectivity index (χ4v) is 1.83. The summed E-state index contributed by atoms with van der Waals surface area (Å²) in [5.74, 6) is -2.47. The van der Waals surface area contributed by atoms with Crippen LogP contribution in [-0.4, -0.2) is 41.6 Å². The minimum absolute atomic E-state index is 0.114. The van der Waals surface area contributed by atoms with Crippen LogP contribution in [0.2, 0.25) is 0 Å². The third-order valence-electron chi connectivity index (χ3n) is 2.73. The van der Waals surface area contributed by atoms with Gasteiger partial charge in [-0.25, -0.2) is 4.79 Å². The van der Waals surface area contributed by atoms with Gasteiger partial charge in [0.2, 0.25) is 11.8 Å². The number of nitrogens with two attached hydrogens (primary N) is 1. The number of aliphatic carboxylic acids is 1. The molecule has 102 valence electrons. The van der Waals surface area contributed by atoms with Crippen molar-refractivity contribution in [3.8, 4) is 0 Å². The number of ether oxygens (including phenoxy) is 1. The first-order chi connectivity index (χ1) is 8.49. The number of hydrogen-bond donors (Lipinski definition) is 3. The minimum Gasteiger partial charge on any atom is -0.480 e. The van der Waals surface area contributed by atoms with Crippen LogP contribution in [0.25, 0.3) is 0 Å². The Hall–Kier alpha value is -1.63. The largest absolute Gasteiger partial charge is 0.480 e. The van der Waals surface area contributed by atoms with Crippen LogP contribution in [-0.2, 0) is 19.1 Å². The Morgan fingerprint density at radius 3 is 2.61 bits per heavy atom. The second kappa shape index (κ2) is 6.95. The number of carbonyl (C=O) groups excluding carboxylic acids is 2. The van der Waals surface area contributed by atoms with E-state index in [2.05, 4.69) is 5.32 Å². The maximum absolute atomic E-state index is 11.6. The second-order valence-electron chi connectivity index (χ2n) is 4.32. The van der Waals surface area contributed by atoms with E-state index in [0.717, 1.165) is 19.3 Å². The number of nitrogens with one attached hydrogen (secondary N) is 1. The third-order valence-corrected chi connectivity index (χ3v) is 2.73. The molecular weight excluding hydrogens is 240 g/mol. The highest BCUT2D eigenvalue weighted by Gasteiger charge is 2.24. The molecular formula is C11H18N2O5. The van der Waals surface area contributed by atoms with Gasteiger partial charge in [-0.15, -0.1) is 0 Å². The van der Waals surface area contributed by atoms with Gasteiger partial charge < -0.3 is 20.9 Å². The molecule has 1 saturated heterocycles. The fraction of sp³-hybridized carbons (Fsp3) is 0.727. The van der Waals surface area contributed by atoms with Crippen molar-refractivity contribution in [1.29, 1.82) is 0 Å². The number of rotatable bonds is 6. The minimum atomic E-state index is -1.27. The van der Waals surface area contributed by atoms with Crippen LogP contribution in [0.15, 0.2) is 0 Å². The lowest BCUT2D eigenvalue weighted by atomic mass is 10.1. The van der Waals surface area contributed by atoms with Crippen molar-refractivity contribution in [2.45, 2.75) is 44.2 Å². The maximum atomic E-state index is 11.6. The SMILES string of the molecule is NC(=O)C[C@@H](NC(=O)CC1CCCCO1)C(=O)O. The van der Waals surface area contributed by atoms with E-state index in [1.54, 1.807) is 0 Å². The van der Waals surface area contributed by atoms with Gasteiger partial charge >= 0.3 is 5.97 Å². The van der Waals surface area contributed by atoms with Crippen LogP contribution in [0.1, 0.15) is 32.1 Å². The van der Waals surface area contributed by atoms with E-state index >= 15 is 0 Å². The zero-order chi connectivity index (χ0) is 13.5. The molecule has 0 spiro atoms. The van der Waals surface area contributed by atoms with Crippen molar-refractivity contribution in [2.75, 3.05) is 6.61 Å². The van der Waals surface area contributed by atoms with Crippen molar-refractivity contribution in [3.63, 3.8) is 0 Å². The highest BCUT2D eigenvalue weighted by atomic mass is 16.5. The van der Waals surface area contributed by atoms with Crippen LogP contribution in [0, 0.1) is 0 Å². The highest BCUT2D eigenvalue weighted by Crippen LogP contribution is 2.15. The smallest absolute Gasteiger partial charge is 0.326 e. The molecule has 7 heteroatoms. The molecule has 2 amide bonds. The van der Waals surface area contributed by atoms with Crippen molar-refractivity contribution in [2.24, 2.45) is 5.73 Å². The number of hydrogen-bond acceptors (Lipinski definition) is 4. The van der Waals surface area contributed by atoms with Gasteiger partial charge in [0.15, 0.2) is 0 Å². The number of carboxylic acid groups (broad SMARTS) is 1. The average Bonchev–Trinajstić information content (AvgIpc) is 2.28. The Morgan fingerprint density at radius 1 is 1.39 bits per heavy atom. The number of carboxylic acids is 1. The summed E-state index contributed by atoms with van der Waals surface area (Å²) in [6.07, 6.45) is 2.32. The summed E-state index contributed by atoms with van der Waals surface area (Å²) in [6, 6.07) is -1.27. The summed E-state index contributed by atoms with van der Waals surface area (Å²) in [4.78, 5) is 33.1. The average molecular weight is 258 g/mol. The molecule has 0 aliphatic carbocycles. The normalized spacial score (nSPS) is 21.0. The molecule has 0 bridgehead atoms.